The van der Waals surface area contributed by atoms with Crippen LogP contribution >= 0.6 is 11.3 Å². The maximum absolute atomic E-state index is 12.0. The number of hydrogen-bond acceptors (Lipinski definition) is 3. The van der Waals surface area contributed by atoms with E-state index in [4.69, 9.17) is 0 Å². The van der Waals surface area contributed by atoms with E-state index < -0.39 is 0 Å². The number of nitrogens with one attached hydrogen (secondary N) is 2. The topological polar surface area (TPSA) is 58.2 Å². The molecule has 2 rings (SSSR count). The van der Waals surface area contributed by atoms with E-state index in [9.17, 15) is 9.59 Å². The highest BCUT2D eigenvalue weighted by atomic mass is 32.1. The van der Waals surface area contributed by atoms with Crippen LogP contribution in [0.3, 0.4) is 0 Å². The number of thiophene rings is 1. The molecule has 2 N–H and O–H groups in total. The molecule has 0 bridgehead atoms. The van der Waals surface area contributed by atoms with Crippen molar-refractivity contribution >= 4 is 28.2 Å². The Balaban J connectivity index is 1.91. The fraction of sp³-hybridized carbons (Fsp3) is 0.571. The predicted molar refractivity (Wildman–Crippen MR) is 77.5 cm³/mol. The summed E-state index contributed by atoms with van der Waals surface area (Å²) in [4.78, 5) is 23.8. The number of carbonyl (C=O) groups excluding carboxylic acids is 2. The summed E-state index contributed by atoms with van der Waals surface area (Å²) in [6.45, 7) is 4.18. The molecule has 0 spiro atoms. The second kappa shape index (κ2) is 6.19. The van der Waals surface area contributed by atoms with Gasteiger partial charge in [0.25, 0.3) is 5.91 Å². The van der Waals surface area contributed by atoms with Crippen molar-refractivity contribution in [1.29, 1.82) is 0 Å². The minimum atomic E-state index is -0.0806. The van der Waals surface area contributed by atoms with Gasteiger partial charge in [-0.15, -0.1) is 11.3 Å². The van der Waals surface area contributed by atoms with Gasteiger partial charge in [0.1, 0.15) is 5.00 Å². The van der Waals surface area contributed by atoms with Crippen molar-refractivity contribution in [3.8, 4) is 0 Å². The third-order valence-corrected chi connectivity index (χ3v) is 3.85. The van der Waals surface area contributed by atoms with E-state index in [-0.39, 0.29) is 11.8 Å². The number of rotatable bonds is 6. The lowest BCUT2D eigenvalue weighted by atomic mass is 10.1. The van der Waals surface area contributed by atoms with Crippen LogP contribution in [0.5, 0.6) is 0 Å². The molecule has 4 nitrogen and oxygen atoms in total. The van der Waals surface area contributed by atoms with Gasteiger partial charge in [0, 0.05) is 12.5 Å². The Kier molecular flexibility index (Phi) is 4.58. The summed E-state index contributed by atoms with van der Waals surface area (Å²) in [5.41, 5.74) is 0.579. The molecule has 0 radical (unpaired) electrons. The van der Waals surface area contributed by atoms with Gasteiger partial charge in [-0.25, -0.2) is 0 Å². The van der Waals surface area contributed by atoms with Crippen molar-refractivity contribution in [3.05, 3.63) is 17.0 Å². The molecule has 5 heteroatoms. The zero-order valence-electron chi connectivity index (χ0n) is 11.4. The first-order valence-corrected chi connectivity index (χ1v) is 7.62. The molecular formula is C14H20N2O2S. The molecule has 0 aromatic carbocycles. The highest BCUT2D eigenvalue weighted by molar-refractivity contribution is 7.14. The molecule has 0 unspecified atom stereocenters. The first kappa shape index (κ1) is 14.1. The van der Waals surface area contributed by atoms with Crippen LogP contribution in [-0.4, -0.2) is 17.9 Å². The maximum atomic E-state index is 12.0. The minimum Gasteiger partial charge on any atom is -0.349 e. The van der Waals surface area contributed by atoms with E-state index in [0.717, 1.165) is 19.3 Å². The van der Waals surface area contributed by atoms with Gasteiger partial charge in [0.05, 0.1) is 5.56 Å². The lowest BCUT2D eigenvalue weighted by Crippen LogP contribution is -2.26. The van der Waals surface area contributed by atoms with E-state index in [1.54, 1.807) is 6.07 Å². The van der Waals surface area contributed by atoms with Crippen LogP contribution in [0.4, 0.5) is 5.00 Å². The Morgan fingerprint density at radius 3 is 2.79 bits per heavy atom. The standard InChI is InChI=1S/C14H20N2O2S/c1-9(2)3-6-12(17)16-14-11(7-8-19-14)13(18)15-10-4-5-10/h7-10H,3-6H2,1-2H3,(H,15,18)(H,16,17). The fourth-order valence-corrected chi connectivity index (χ4v) is 2.49. The Bertz CT molecular complexity index is 464. The molecule has 0 aliphatic heterocycles. The lowest BCUT2D eigenvalue weighted by Gasteiger charge is -2.08. The van der Waals surface area contributed by atoms with Gasteiger partial charge in [0.15, 0.2) is 0 Å². The average molecular weight is 280 g/mol. The number of carbonyl (C=O) groups is 2. The van der Waals surface area contributed by atoms with Crippen LogP contribution in [0.15, 0.2) is 11.4 Å². The van der Waals surface area contributed by atoms with Crippen molar-refractivity contribution in [1.82, 2.24) is 5.32 Å². The molecule has 0 saturated heterocycles. The van der Waals surface area contributed by atoms with Crippen molar-refractivity contribution in [2.45, 2.75) is 45.6 Å². The SMILES string of the molecule is CC(C)CCC(=O)Nc1sccc1C(=O)NC1CC1. The van der Waals surface area contributed by atoms with Crippen molar-refractivity contribution in [2.24, 2.45) is 5.92 Å². The van der Waals surface area contributed by atoms with Gasteiger partial charge < -0.3 is 10.6 Å². The van der Waals surface area contributed by atoms with Gasteiger partial charge in [-0.05, 0) is 36.6 Å². The highest BCUT2D eigenvalue weighted by Gasteiger charge is 2.25. The molecule has 1 aliphatic rings. The lowest BCUT2D eigenvalue weighted by molar-refractivity contribution is -0.116. The van der Waals surface area contributed by atoms with E-state index in [1.165, 1.54) is 11.3 Å². The molecule has 19 heavy (non-hydrogen) atoms. The molecule has 1 aromatic rings. The number of hydrogen-bond donors (Lipinski definition) is 2. The zero-order chi connectivity index (χ0) is 13.8. The van der Waals surface area contributed by atoms with Crippen LogP contribution < -0.4 is 10.6 Å². The van der Waals surface area contributed by atoms with Gasteiger partial charge in [-0.1, -0.05) is 13.8 Å². The Morgan fingerprint density at radius 1 is 1.42 bits per heavy atom. The van der Waals surface area contributed by atoms with E-state index >= 15 is 0 Å². The highest BCUT2D eigenvalue weighted by Crippen LogP contribution is 2.26. The largest absolute Gasteiger partial charge is 0.349 e. The first-order valence-electron chi connectivity index (χ1n) is 6.74. The van der Waals surface area contributed by atoms with Crippen molar-refractivity contribution < 1.29 is 9.59 Å². The number of amides is 2. The third-order valence-electron chi connectivity index (χ3n) is 3.02. The van der Waals surface area contributed by atoms with E-state index in [1.807, 2.05) is 5.38 Å². The predicted octanol–water partition coefficient (Wildman–Crippen LogP) is 3.02. The second-order valence-electron chi connectivity index (χ2n) is 5.39. The van der Waals surface area contributed by atoms with E-state index in [2.05, 4.69) is 24.5 Å². The summed E-state index contributed by atoms with van der Waals surface area (Å²) in [5.74, 6) is 0.409. The molecule has 2 amide bonds. The van der Waals surface area contributed by atoms with Crippen molar-refractivity contribution in [3.63, 3.8) is 0 Å². The summed E-state index contributed by atoms with van der Waals surface area (Å²) in [5, 5.41) is 8.27. The molecule has 1 heterocycles. The smallest absolute Gasteiger partial charge is 0.254 e. The molecule has 0 atom stereocenters. The van der Waals surface area contributed by atoms with Crippen LogP contribution in [0, 0.1) is 5.92 Å². The Labute approximate surface area is 117 Å². The van der Waals surface area contributed by atoms with Gasteiger partial charge >= 0.3 is 0 Å². The van der Waals surface area contributed by atoms with Crippen LogP contribution in [0.25, 0.3) is 0 Å². The molecular weight excluding hydrogens is 260 g/mol. The number of anilines is 1. The molecule has 1 aromatic heterocycles. The van der Waals surface area contributed by atoms with Gasteiger partial charge in [0.2, 0.25) is 5.91 Å². The fourth-order valence-electron chi connectivity index (χ4n) is 1.68. The summed E-state index contributed by atoms with van der Waals surface area (Å²) in [6.07, 6.45) is 3.48. The summed E-state index contributed by atoms with van der Waals surface area (Å²) < 4.78 is 0. The summed E-state index contributed by atoms with van der Waals surface area (Å²) in [7, 11) is 0. The molecule has 1 fully saturated rings. The van der Waals surface area contributed by atoms with Gasteiger partial charge in [-0.2, -0.15) is 0 Å². The quantitative estimate of drug-likeness (QED) is 0.841. The van der Waals surface area contributed by atoms with Crippen LogP contribution in [0.1, 0.15) is 49.9 Å². The van der Waals surface area contributed by atoms with Gasteiger partial charge in [-0.3, -0.25) is 9.59 Å². The minimum absolute atomic E-state index is 0.0170. The zero-order valence-corrected chi connectivity index (χ0v) is 12.2. The Hall–Kier alpha value is -1.36. The summed E-state index contributed by atoms with van der Waals surface area (Å²) in [6, 6.07) is 2.09. The maximum Gasteiger partial charge on any atom is 0.254 e. The first-order chi connectivity index (χ1) is 9.06. The molecule has 104 valence electrons. The second-order valence-corrected chi connectivity index (χ2v) is 6.31. The molecule has 1 aliphatic carbocycles. The van der Waals surface area contributed by atoms with Crippen LogP contribution in [0.2, 0.25) is 0 Å². The third kappa shape index (κ3) is 4.35. The normalized spacial score (nSPS) is 14.5. The summed E-state index contributed by atoms with van der Waals surface area (Å²) >= 11 is 1.40. The monoisotopic (exact) mass is 280 g/mol. The van der Waals surface area contributed by atoms with E-state index in [0.29, 0.717) is 28.9 Å². The van der Waals surface area contributed by atoms with Crippen LogP contribution in [-0.2, 0) is 4.79 Å². The Morgan fingerprint density at radius 2 is 2.16 bits per heavy atom. The average Bonchev–Trinajstić information content (AvgIpc) is 3.03. The molecule has 1 saturated carbocycles. The van der Waals surface area contributed by atoms with Crippen molar-refractivity contribution in [2.75, 3.05) is 5.32 Å².